The van der Waals surface area contributed by atoms with E-state index in [4.69, 9.17) is 0 Å². The molecule has 3 atom stereocenters. The van der Waals surface area contributed by atoms with Crippen LogP contribution in [0.1, 0.15) is 40.0 Å². The Morgan fingerprint density at radius 2 is 2.00 bits per heavy atom. The highest BCUT2D eigenvalue weighted by Crippen LogP contribution is 2.70. The van der Waals surface area contributed by atoms with E-state index in [0.717, 1.165) is 23.6 Å². The second-order valence-electron chi connectivity index (χ2n) is 7.00. The van der Waals surface area contributed by atoms with Crippen LogP contribution in [-0.2, 0) is 14.8 Å². The lowest BCUT2D eigenvalue weighted by molar-refractivity contribution is -0.125. The molecule has 5 heteroatoms. The Balaban J connectivity index is 2.12. The van der Waals surface area contributed by atoms with Crippen molar-refractivity contribution in [3.63, 3.8) is 0 Å². The van der Waals surface area contributed by atoms with E-state index in [1.165, 1.54) is 0 Å². The second kappa shape index (κ2) is 3.43. The van der Waals surface area contributed by atoms with Crippen molar-refractivity contribution >= 4 is 15.9 Å². The van der Waals surface area contributed by atoms with Crippen molar-refractivity contribution in [3.05, 3.63) is 12.2 Å². The Morgan fingerprint density at radius 3 is 2.53 bits per heavy atom. The number of carbonyl (C=O) groups excluding carboxylic acids is 1. The predicted molar refractivity (Wildman–Crippen MR) is 72.8 cm³/mol. The summed E-state index contributed by atoms with van der Waals surface area (Å²) in [5, 5.41) is 0. The molecule has 3 aliphatic rings. The Hall–Kier alpha value is -0.840. The van der Waals surface area contributed by atoms with E-state index in [1.54, 1.807) is 6.92 Å². The zero-order chi connectivity index (χ0) is 14.2. The van der Waals surface area contributed by atoms with Gasteiger partial charge in [0.15, 0.2) is 0 Å². The summed E-state index contributed by atoms with van der Waals surface area (Å²) in [6, 6.07) is -0.143. The van der Waals surface area contributed by atoms with Crippen LogP contribution in [0.5, 0.6) is 0 Å². The van der Waals surface area contributed by atoms with E-state index in [2.05, 4.69) is 20.4 Å². The number of hydrogen-bond acceptors (Lipinski definition) is 3. The molecule has 2 aliphatic carbocycles. The van der Waals surface area contributed by atoms with Crippen molar-refractivity contribution < 1.29 is 13.2 Å². The minimum Gasteiger partial charge on any atom is -0.268 e. The van der Waals surface area contributed by atoms with Gasteiger partial charge in [-0.15, -0.1) is 0 Å². The highest BCUT2D eigenvalue weighted by atomic mass is 32.2. The minimum absolute atomic E-state index is 0.00877. The van der Waals surface area contributed by atoms with Gasteiger partial charge in [0.25, 0.3) is 5.91 Å². The van der Waals surface area contributed by atoms with Crippen LogP contribution in [0.4, 0.5) is 0 Å². The summed E-state index contributed by atoms with van der Waals surface area (Å²) in [4.78, 5) is 12.2. The smallest absolute Gasteiger partial charge is 0.262 e. The van der Waals surface area contributed by atoms with Crippen molar-refractivity contribution in [2.75, 3.05) is 5.75 Å². The largest absolute Gasteiger partial charge is 0.268 e. The van der Waals surface area contributed by atoms with Crippen LogP contribution in [0, 0.1) is 16.7 Å². The van der Waals surface area contributed by atoms with Crippen LogP contribution >= 0.6 is 0 Å². The van der Waals surface area contributed by atoms with E-state index in [1.807, 2.05) is 0 Å². The molecule has 0 aromatic heterocycles. The monoisotopic (exact) mass is 283 g/mol. The highest BCUT2D eigenvalue weighted by molar-refractivity contribution is 7.90. The molecule has 106 valence electrons. The lowest BCUT2D eigenvalue weighted by atomic mass is 9.69. The molecule has 2 saturated carbocycles. The highest BCUT2D eigenvalue weighted by Gasteiger charge is 2.72. The van der Waals surface area contributed by atoms with Crippen LogP contribution in [0.3, 0.4) is 0 Å². The second-order valence-corrected chi connectivity index (χ2v) is 8.85. The molecule has 0 N–H and O–H groups in total. The summed E-state index contributed by atoms with van der Waals surface area (Å²) in [6.07, 6.45) is 2.84. The Bertz CT molecular complexity index is 577. The summed E-state index contributed by atoms with van der Waals surface area (Å²) in [5.41, 5.74) is 0.0809. The average Bonchev–Trinajstić information content (AvgIpc) is 2.74. The quantitative estimate of drug-likeness (QED) is 0.691. The van der Waals surface area contributed by atoms with Crippen LogP contribution in [0.15, 0.2) is 12.2 Å². The molecule has 0 radical (unpaired) electrons. The summed E-state index contributed by atoms with van der Waals surface area (Å²) in [6.45, 7) is 9.56. The van der Waals surface area contributed by atoms with Gasteiger partial charge in [-0.25, -0.2) is 12.7 Å². The van der Waals surface area contributed by atoms with Gasteiger partial charge in [-0.1, -0.05) is 20.4 Å². The van der Waals surface area contributed by atoms with Crippen molar-refractivity contribution in [1.82, 2.24) is 4.31 Å². The van der Waals surface area contributed by atoms with E-state index < -0.39 is 15.9 Å². The molecule has 3 rings (SSSR count). The van der Waals surface area contributed by atoms with E-state index >= 15 is 0 Å². The zero-order valence-electron chi connectivity index (χ0n) is 11.8. The SMILES string of the molecule is C=C(C)C(=O)N1[C@H]2C[C@H]3CC[C@@]2(CS1(=O)=O)C3(C)C. The van der Waals surface area contributed by atoms with Gasteiger partial charge in [-0.2, -0.15) is 0 Å². The first-order valence-corrected chi connectivity index (χ1v) is 8.46. The number of amides is 1. The number of hydrogen-bond donors (Lipinski definition) is 0. The molecular weight excluding hydrogens is 262 g/mol. The third kappa shape index (κ3) is 1.34. The van der Waals surface area contributed by atoms with Crippen LogP contribution in [0.25, 0.3) is 0 Å². The maximum Gasteiger partial charge on any atom is 0.262 e. The molecular formula is C14H21NO3S. The summed E-state index contributed by atoms with van der Waals surface area (Å²) < 4.78 is 26.1. The molecule has 0 aromatic rings. The lowest BCUT2D eigenvalue weighted by Gasteiger charge is -2.37. The molecule has 1 heterocycles. The minimum atomic E-state index is -3.48. The Kier molecular flexibility index (Phi) is 2.37. The van der Waals surface area contributed by atoms with Crippen LogP contribution in [0.2, 0.25) is 0 Å². The van der Waals surface area contributed by atoms with Crippen LogP contribution < -0.4 is 0 Å². The van der Waals surface area contributed by atoms with Gasteiger partial charge >= 0.3 is 0 Å². The maximum absolute atomic E-state index is 12.5. The number of nitrogens with zero attached hydrogens (tertiary/aromatic N) is 1. The predicted octanol–water partition coefficient (Wildman–Crippen LogP) is 1.93. The van der Waals surface area contributed by atoms with E-state index in [-0.39, 0.29) is 22.6 Å². The molecule has 1 saturated heterocycles. The molecule has 0 aromatic carbocycles. The summed E-state index contributed by atoms with van der Waals surface area (Å²) >= 11 is 0. The topological polar surface area (TPSA) is 54.5 Å². The first kappa shape index (κ1) is 13.2. The average molecular weight is 283 g/mol. The maximum atomic E-state index is 12.5. The molecule has 1 aliphatic heterocycles. The number of rotatable bonds is 1. The van der Waals surface area contributed by atoms with Crippen molar-refractivity contribution in [1.29, 1.82) is 0 Å². The fourth-order valence-corrected chi connectivity index (χ4v) is 7.33. The van der Waals surface area contributed by atoms with Gasteiger partial charge in [0.05, 0.1) is 11.8 Å². The van der Waals surface area contributed by atoms with E-state index in [9.17, 15) is 13.2 Å². The molecule has 3 fully saturated rings. The fraction of sp³-hybridized carbons (Fsp3) is 0.786. The Morgan fingerprint density at radius 1 is 1.37 bits per heavy atom. The summed E-state index contributed by atoms with van der Waals surface area (Å²) in [5.74, 6) is 0.256. The molecule has 1 amide bonds. The van der Waals surface area contributed by atoms with Gasteiger partial charge in [-0.05, 0) is 37.5 Å². The van der Waals surface area contributed by atoms with Gasteiger partial charge in [-0.3, -0.25) is 4.79 Å². The standard InChI is InChI=1S/C14H21NO3S/c1-9(2)12(16)15-11-7-10-5-6-14(11,13(10,3)4)8-19(15,17)18/h10-11H,1,5-8H2,2-4H3/t10-,11+,14+/m1/s1. The van der Waals surface area contributed by atoms with Gasteiger partial charge in [0, 0.05) is 11.0 Å². The third-order valence-corrected chi connectivity index (χ3v) is 7.88. The Labute approximate surface area is 114 Å². The van der Waals surface area contributed by atoms with Crippen molar-refractivity contribution in [2.45, 2.75) is 46.1 Å². The zero-order valence-corrected chi connectivity index (χ0v) is 12.6. The molecule has 19 heavy (non-hydrogen) atoms. The first-order chi connectivity index (χ1) is 8.63. The number of carbonyl (C=O) groups is 1. The van der Waals surface area contributed by atoms with Gasteiger partial charge in [0.2, 0.25) is 10.0 Å². The molecule has 1 spiro atoms. The van der Waals surface area contributed by atoms with Crippen LogP contribution in [-0.4, -0.2) is 30.4 Å². The molecule has 4 nitrogen and oxygen atoms in total. The van der Waals surface area contributed by atoms with Crippen molar-refractivity contribution in [3.8, 4) is 0 Å². The number of fused-ring (bicyclic) bond motifs is 1. The van der Waals surface area contributed by atoms with Crippen molar-refractivity contribution in [2.24, 2.45) is 16.7 Å². The third-order valence-electron chi connectivity index (χ3n) is 5.98. The molecule has 0 unspecified atom stereocenters. The van der Waals surface area contributed by atoms with Gasteiger partial charge in [0.1, 0.15) is 0 Å². The fourth-order valence-electron chi connectivity index (χ4n) is 4.74. The summed E-state index contributed by atoms with van der Waals surface area (Å²) in [7, 11) is -3.48. The lowest BCUT2D eigenvalue weighted by Crippen LogP contribution is -2.44. The van der Waals surface area contributed by atoms with Gasteiger partial charge < -0.3 is 0 Å². The van der Waals surface area contributed by atoms with E-state index in [0.29, 0.717) is 11.5 Å². The molecule has 2 bridgehead atoms. The first-order valence-electron chi connectivity index (χ1n) is 6.85. The number of sulfonamides is 1. The normalized spacial score (nSPS) is 41.3.